The zero-order chi connectivity index (χ0) is 15.5. The molecular weight excluding hydrogens is 292 g/mol. The number of benzene rings is 1. The molecule has 2 nitrogen and oxygen atoms in total. The second-order valence-electron chi connectivity index (χ2n) is 6.39. The molecule has 0 bridgehead atoms. The molecule has 0 aromatic heterocycles. The van der Waals surface area contributed by atoms with E-state index in [1.54, 1.807) is 12.1 Å². The largest absolute Gasteiger partial charge is 0.434 e. The van der Waals surface area contributed by atoms with Crippen LogP contribution < -0.4 is 10.1 Å². The van der Waals surface area contributed by atoms with Crippen molar-refractivity contribution in [1.29, 1.82) is 0 Å². The molecule has 0 amide bonds. The molecule has 1 aromatic carbocycles. The maximum Gasteiger partial charge on any atom is 0.387 e. The van der Waals surface area contributed by atoms with Crippen LogP contribution in [0.2, 0.25) is 0 Å². The Balaban J connectivity index is 2.04. The van der Waals surface area contributed by atoms with Crippen molar-refractivity contribution in [2.75, 3.05) is 11.5 Å². The van der Waals surface area contributed by atoms with Crippen LogP contribution >= 0.6 is 11.8 Å². The molecule has 2 rings (SSSR count). The van der Waals surface area contributed by atoms with E-state index in [2.05, 4.69) is 23.9 Å². The third kappa shape index (κ3) is 4.85. The molecule has 118 valence electrons. The van der Waals surface area contributed by atoms with E-state index in [-0.39, 0.29) is 11.8 Å². The summed E-state index contributed by atoms with van der Waals surface area (Å²) in [5.41, 5.74) is 1.10. The molecule has 1 aliphatic rings. The van der Waals surface area contributed by atoms with E-state index >= 15 is 0 Å². The summed E-state index contributed by atoms with van der Waals surface area (Å²) in [6, 6.07) is 7.39. The molecule has 1 aliphatic heterocycles. The van der Waals surface area contributed by atoms with Gasteiger partial charge in [0.1, 0.15) is 5.75 Å². The maximum atomic E-state index is 12.5. The minimum atomic E-state index is -2.79. The molecule has 0 spiro atoms. The number of hydrogen-bond acceptors (Lipinski definition) is 3. The summed E-state index contributed by atoms with van der Waals surface area (Å²) >= 11 is 1.95. The Labute approximate surface area is 129 Å². The highest BCUT2D eigenvalue weighted by molar-refractivity contribution is 7.99. The topological polar surface area (TPSA) is 21.3 Å². The lowest BCUT2D eigenvalue weighted by atomic mass is 9.87. The van der Waals surface area contributed by atoms with Crippen LogP contribution in [0.25, 0.3) is 0 Å². The summed E-state index contributed by atoms with van der Waals surface area (Å²) in [5.74, 6) is 2.49. The van der Waals surface area contributed by atoms with Crippen LogP contribution in [-0.2, 0) is 0 Å². The van der Waals surface area contributed by atoms with Crippen molar-refractivity contribution in [3.63, 3.8) is 0 Å². The van der Waals surface area contributed by atoms with Gasteiger partial charge in [0, 0.05) is 23.4 Å². The second-order valence-corrected chi connectivity index (χ2v) is 7.42. The molecule has 5 heteroatoms. The van der Waals surface area contributed by atoms with E-state index < -0.39 is 6.61 Å². The van der Waals surface area contributed by atoms with E-state index in [9.17, 15) is 8.78 Å². The van der Waals surface area contributed by atoms with E-state index in [0.717, 1.165) is 17.7 Å². The van der Waals surface area contributed by atoms with Gasteiger partial charge in [0.15, 0.2) is 0 Å². The molecule has 1 aromatic rings. The minimum absolute atomic E-state index is 0.0144. The lowest BCUT2D eigenvalue weighted by Crippen LogP contribution is -2.41. The van der Waals surface area contributed by atoms with Crippen LogP contribution in [0.3, 0.4) is 0 Å². The third-order valence-electron chi connectivity index (χ3n) is 3.70. The summed E-state index contributed by atoms with van der Waals surface area (Å²) in [6.07, 6.45) is 1.10. The highest BCUT2D eigenvalue weighted by Crippen LogP contribution is 2.35. The van der Waals surface area contributed by atoms with Crippen molar-refractivity contribution in [1.82, 2.24) is 5.32 Å². The molecule has 1 N–H and O–H groups in total. The van der Waals surface area contributed by atoms with Gasteiger partial charge < -0.3 is 10.1 Å². The third-order valence-corrected chi connectivity index (χ3v) is 5.32. The Bertz CT molecular complexity index is 467. The monoisotopic (exact) mass is 315 g/mol. The van der Waals surface area contributed by atoms with Gasteiger partial charge in [-0.2, -0.15) is 20.5 Å². The van der Waals surface area contributed by atoms with Gasteiger partial charge in [-0.05, 0) is 30.6 Å². The molecule has 1 saturated heterocycles. The number of halogens is 2. The Kier molecular flexibility index (Phi) is 5.49. The smallest absolute Gasteiger partial charge is 0.387 e. The quantitative estimate of drug-likeness (QED) is 0.866. The predicted molar refractivity (Wildman–Crippen MR) is 84.1 cm³/mol. The number of para-hydroxylation sites is 1. The lowest BCUT2D eigenvalue weighted by molar-refractivity contribution is -0.0506. The first-order valence-corrected chi connectivity index (χ1v) is 8.40. The molecule has 0 radical (unpaired) electrons. The van der Waals surface area contributed by atoms with E-state index in [1.165, 1.54) is 5.75 Å². The first-order valence-electron chi connectivity index (χ1n) is 7.25. The van der Waals surface area contributed by atoms with Gasteiger partial charge >= 0.3 is 6.61 Å². The number of hydrogen-bond donors (Lipinski definition) is 1. The van der Waals surface area contributed by atoms with Gasteiger partial charge in [-0.1, -0.05) is 32.0 Å². The van der Waals surface area contributed by atoms with Gasteiger partial charge in [-0.15, -0.1) is 0 Å². The highest BCUT2D eigenvalue weighted by Gasteiger charge is 2.29. The van der Waals surface area contributed by atoms with Gasteiger partial charge in [0.05, 0.1) is 0 Å². The highest BCUT2D eigenvalue weighted by atomic mass is 32.2. The van der Waals surface area contributed by atoms with Crippen molar-refractivity contribution in [3.05, 3.63) is 29.8 Å². The average Bonchev–Trinajstić information content (AvgIpc) is 2.37. The molecule has 21 heavy (non-hydrogen) atoms. The summed E-state index contributed by atoms with van der Waals surface area (Å²) in [7, 11) is 0. The molecule has 2 unspecified atom stereocenters. The van der Waals surface area contributed by atoms with Gasteiger partial charge in [0.2, 0.25) is 0 Å². The van der Waals surface area contributed by atoms with Gasteiger partial charge in [-0.25, -0.2) is 0 Å². The van der Waals surface area contributed by atoms with E-state index in [1.807, 2.05) is 30.8 Å². The first kappa shape index (κ1) is 16.6. The van der Waals surface area contributed by atoms with Gasteiger partial charge in [-0.3, -0.25) is 0 Å². The lowest BCUT2D eigenvalue weighted by Gasteiger charge is -2.36. The van der Waals surface area contributed by atoms with Crippen molar-refractivity contribution >= 4 is 11.8 Å². The minimum Gasteiger partial charge on any atom is -0.434 e. The van der Waals surface area contributed by atoms with Crippen LogP contribution in [0, 0.1) is 5.41 Å². The average molecular weight is 315 g/mol. The SMILES string of the molecule is CC(NC1CSCC(C)(C)C1)c1ccccc1OC(F)F. The molecule has 0 aliphatic carbocycles. The summed E-state index contributed by atoms with van der Waals surface area (Å²) in [6.45, 7) is 3.75. The maximum absolute atomic E-state index is 12.5. The van der Waals surface area contributed by atoms with E-state index in [0.29, 0.717) is 11.5 Å². The van der Waals surface area contributed by atoms with Crippen molar-refractivity contribution in [2.45, 2.75) is 45.9 Å². The second kappa shape index (κ2) is 6.97. The normalized spacial score (nSPS) is 23.0. The standard InChI is InChI=1S/C16H23F2NOS/c1-11(19-12-8-16(2,3)10-21-9-12)13-6-4-5-7-14(13)20-15(17)18/h4-7,11-12,15,19H,8-10H2,1-3H3. The zero-order valence-corrected chi connectivity index (χ0v) is 13.6. The fourth-order valence-corrected chi connectivity index (χ4v) is 4.14. The Morgan fingerprint density at radius 3 is 2.71 bits per heavy atom. The number of thioether (sulfide) groups is 1. The van der Waals surface area contributed by atoms with Crippen LogP contribution in [-0.4, -0.2) is 24.2 Å². The van der Waals surface area contributed by atoms with Crippen molar-refractivity contribution in [3.8, 4) is 5.75 Å². The molecular formula is C16H23F2NOS. The fraction of sp³-hybridized carbons (Fsp3) is 0.625. The molecule has 1 heterocycles. The predicted octanol–water partition coefficient (Wildman–Crippen LogP) is 4.47. The Morgan fingerprint density at radius 1 is 1.33 bits per heavy atom. The number of alkyl halides is 2. The molecule has 0 saturated carbocycles. The number of ether oxygens (including phenoxy) is 1. The van der Waals surface area contributed by atoms with Crippen molar-refractivity contribution in [2.24, 2.45) is 5.41 Å². The first-order chi connectivity index (χ1) is 9.87. The molecule has 2 atom stereocenters. The van der Waals surface area contributed by atoms with Crippen molar-refractivity contribution < 1.29 is 13.5 Å². The van der Waals surface area contributed by atoms with Crippen LogP contribution in [0.1, 0.15) is 38.8 Å². The fourth-order valence-electron chi connectivity index (χ4n) is 2.85. The van der Waals surface area contributed by atoms with Crippen LogP contribution in [0.4, 0.5) is 8.78 Å². The zero-order valence-electron chi connectivity index (χ0n) is 12.7. The van der Waals surface area contributed by atoms with E-state index in [4.69, 9.17) is 0 Å². The number of rotatable bonds is 5. The Hall–Kier alpha value is -0.810. The summed E-state index contributed by atoms with van der Waals surface area (Å²) in [4.78, 5) is 0. The van der Waals surface area contributed by atoms with Crippen LogP contribution in [0.15, 0.2) is 24.3 Å². The Morgan fingerprint density at radius 2 is 2.05 bits per heavy atom. The van der Waals surface area contributed by atoms with Gasteiger partial charge in [0.25, 0.3) is 0 Å². The summed E-state index contributed by atoms with van der Waals surface area (Å²) in [5, 5.41) is 3.56. The number of nitrogens with one attached hydrogen (secondary N) is 1. The summed E-state index contributed by atoms with van der Waals surface area (Å²) < 4.78 is 29.6. The molecule has 1 fully saturated rings. The van der Waals surface area contributed by atoms with Crippen LogP contribution in [0.5, 0.6) is 5.75 Å².